The molecular weight excluding hydrogens is 518 g/mol. The average Bonchev–Trinajstić information content (AvgIpc) is 2.92. The van der Waals surface area contributed by atoms with Gasteiger partial charge < -0.3 is 49.9 Å². The van der Waals surface area contributed by atoms with Crippen molar-refractivity contribution in [2.24, 2.45) is 5.92 Å². The highest BCUT2D eigenvalue weighted by molar-refractivity contribution is 5.80. The second-order valence-electron chi connectivity index (χ2n) is 8.33. The molecule has 0 bridgehead atoms. The first-order chi connectivity index (χ1) is 18.8. The number of rotatable bonds is 26. The van der Waals surface area contributed by atoms with Crippen LogP contribution in [0.2, 0.25) is 0 Å². The molecule has 1 unspecified atom stereocenters. The van der Waals surface area contributed by atoms with Gasteiger partial charge in [0.2, 0.25) is 30.0 Å². The van der Waals surface area contributed by atoms with E-state index < -0.39 is 0 Å². The molecule has 0 aliphatic heterocycles. The molecule has 5 amide bonds. The third-order valence-electron chi connectivity index (χ3n) is 4.85. The van der Waals surface area contributed by atoms with Gasteiger partial charge >= 0.3 is 0 Å². The minimum atomic E-state index is -0.359. The van der Waals surface area contributed by atoms with Gasteiger partial charge in [-0.15, -0.1) is 0 Å². The largest absolute Gasteiger partial charge is 0.377 e. The Hall–Kier alpha value is -3.14. The molecule has 0 radical (unpaired) electrons. The van der Waals surface area contributed by atoms with Gasteiger partial charge in [0.25, 0.3) is 0 Å². The summed E-state index contributed by atoms with van der Waals surface area (Å²) in [5, 5.41) is 10.3. The quantitative estimate of drug-likeness (QED) is 0.0635. The second kappa shape index (κ2) is 25.2. The van der Waals surface area contributed by atoms with Gasteiger partial charge in [-0.3, -0.25) is 24.0 Å². The van der Waals surface area contributed by atoms with Crippen LogP contribution in [0.4, 0.5) is 0 Å². The van der Waals surface area contributed by atoms with E-state index in [-0.39, 0.29) is 102 Å². The Kier molecular flexibility index (Phi) is 23.1. The van der Waals surface area contributed by atoms with Gasteiger partial charge in [-0.05, 0) is 0 Å². The van der Waals surface area contributed by atoms with E-state index in [4.69, 9.17) is 18.9 Å². The summed E-state index contributed by atoms with van der Waals surface area (Å²) >= 11 is 0. The summed E-state index contributed by atoms with van der Waals surface area (Å²) in [6, 6.07) is 0. The second-order valence-corrected chi connectivity index (χ2v) is 8.33. The number of nitrogens with one attached hydrogen (secondary N) is 4. The van der Waals surface area contributed by atoms with Crippen LogP contribution in [0.3, 0.4) is 0 Å². The summed E-state index contributed by atoms with van der Waals surface area (Å²) in [6.45, 7) is 4.48. The number of nitrogens with zero attached hydrogens (tertiary/aromatic N) is 1. The fourth-order valence-electron chi connectivity index (χ4n) is 2.69. The number of carbonyl (C=O) groups is 6. The van der Waals surface area contributed by atoms with E-state index in [1.807, 2.05) is 0 Å². The first kappa shape index (κ1) is 35.9. The highest BCUT2D eigenvalue weighted by Crippen LogP contribution is 2.01. The molecular formula is C24H43N5O10. The van der Waals surface area contributed by atoms with Crippen molar-refractivity contribution in [2.75, 3.05) is 92.6 Å². The van der Waals surface area contributed by atoms with Crippen molar-refractivity contribution in [3.8, 4) is 0 Å². The first-order valence-electron chi connectivity index (χ1n) is 12.8. The van der Waals surface area contributed by atoms with E-state index in [1.54, 1.807) is 14.0 Å². The van der Waals surface area contributed by atoms with E-state index in [2.05, 4.69) is 21.3 Å². The minimum absolute atomic E-state index is 0.0982. The molecule has 0 saturated carbocycles. The lowest BCUT2D eigenvalue weighted by Gasteiger charge is -2.17. The van der Waals surface area contributed by atoms with Crippen LogP contribution in [0.25, 0.3) is 0 Å². The van der Waals surface area contributed by atoms with Crippen LogP contribution < -0.4 is 21.3 Å². The summed E-state index contributed by atoms with van der Waals surface area (Å²) in [4.78, 5) is 69.2. The number of amides is 5. The third kappa shape index (κ3) is 23.7. The molecule has 0 heterocycles. The zero-order valence-electron chi connectivity index (χ0n) is 22.9. The summed E-state index contributed by atoms with van der Waals surface area (Å²) in [5.41, 5.74) is 0. The molecule has 15 heteroatoms. The lowest BCUT2D eigenvalue weighted by atomic mass is 10.1. The Labute approximate surface area is 229 Å². The minimum Gasteiger partial charge on any atom is -0.377 e. The van der Waals surface area contributed by atoms with Crippen LogP contribution in [0, 0.1) is 5.92 Å². The maximum absolute atomic E-state index is 11.9. The molecule has 39 heavy (non-hydrogen) atoms. The van der Waals surface area contributed by atoms with Gasteiger partial charge in [0.1, 0.15) is 19.5 Å². The standard InChI is InChI=1S/C24H43N5O10/c1-20(16-30)15-24(35)29(2)8-3-21(32)26-4-5-27-22(33)17-38-14-12-37-10-7-28-23(34)18-39-13-11-36-9-6-25-19-31/h16,19-20H,3-15,17-18H2,1-2H3,(H,25,31)(H,26,32)(H,27,33)(H,28,34). The van der Waals surface area contributed by atoms with Gasteiger partial charge in [-0.1, -0.05) is 6.92 Å². The van der Waals surface area contributed by atoms with Gasteiger partial charge in [-0.2, -0.15) is 0 Å². The van der Waals surface area contributed by atoms with Crippen molar-refractivity contribution in [3.05, 3.63) is 0 Å². The van der Waals surface area contributed by atoms with Crippen molar-refractivity contribution in [1.82, 2.24) is 26.2 Å². The lowest BCUT2D eigenvalue weighted by Crippen LogP contribution is -2.38. The fourth-order valence-corrected chi connectivity index (χ4v) is 2.69. The molecule has 0 aromatic rings. The molecule has 0 spiro atoms. The van der Waals surface area contributed by atoms with Crippen molar-refractivity contribution < 1.29 is 47.7 Å². The average molecular weight is 562 g/mol. The van der Waals surface area contributed by atoms with E-state index in [1.165, 1.54) is 4.90 Å². The zero-order chi connectivity index (χ0) is 29.1. The Balaban J connectivity index is 3.53. The summed E-state index contributed by atoms with van der Waals surface area (Å²) in [5.74, 6) is -1.44. The van der Waals surface area contributed by atoms with Crippen molar-refractivity contribution in [1.29, 1.82) is 0 Å². The molecule has 0 saturated heterocycles. The predicted octanol–water partition coefficient (Wildman–Crippen LogP) is -2.78. The molecule has 4 N–H and O–H groups in total. The Morgan fingerprint density at radius 3 is 1.79 bits per heavy atom. The van der Waals surface area contributed by atoms with Gasteiger partial charge in [-0.25, -0.2) is 0 Å². The number of aldehydes is 1. The molecule has 0 rings (SSSR count). The van der Waals surface area contributed by atoms with Gasteiger partial charge in [0.05, 0.1) is 39.6 Å². The summed E-state index contributed by atoms with van der Waals surface area (Å²) in [7, 11) is 1.58. The van der Waals surface area contributed by atoms with Gasteiger partial charge in [0.15, 0.2) is 0 Å². The SMILES string of the molecule is CC(C=O)CC(=O)N(C)CCC(=O)NCCNC(=O)COCCOCCNC(=O)COCCOCCNC=O. The number of ether oxygens (including phenoxy) is 4. The summed E-state index contributed by atoms with van der Waals surface area (Å²) < 4.78 is 20.8. The van der Waals surface area contributed by atoms with E-state index in [0.717, 1.165) is 6.29 Å². The fraction of sp³-hybridized carbons (Fsp3) is 0.750. The van der Waals surface area contributed by atoms with Crippen molar-refractivity contribution in [2.45, 2.75) is 19.8 Å². The first-order valence-corrected chi connectivity index (χ1v) is 12.8. The molecule has 15 nitrogen and oxygen atoms in total. The number of hydrogen-bond donors (Lipinski definition) is 4. The predicted molar refractivity (Wildman–Crippen MR) is 138 cm³/mol. The molecule has 0 aliphatic carbocycles. The van der Waals surface area contributed by atoms with E-state index in [9.17, 15) is 28.8 Å². The molecule has 0 aliphatic rings. The van der Waals surface area contributed by atoms with Crippen LogP contribution in [0.1, 0.15) is 19.8 Å². The zero-order valence-corrected chi connectivity index (χ0v) is 22.9. The van der Waals surface area contributed by atoms with E-state index >= 15 is 0 Å². The molecule has 0 aromatic carbocycles. The van der Waals surface area contributed by atoms with Crippen molar-refractivity contribution in [3.63, 3.8) is 0 Å². The van der Waals surface area contributed by atoms with Crippen LogP contribution >= 0.6 is 0 Å². The van der Waals surface area contributed by atoms with Crippen molar-refractivity contribution >= 4 is 36.3 Å². The van der Waals surface area contributed by atoms with Crippen LogP contribution in [0.5, 0.6) is 0 Å². The van der Waals surface area contributed by atoms with E-state index in [0.29, 0.717) is 32.7 Å². The lowest BCUT2D eigenvalue weighted by molar-refractivity contribution is -0.133. The summed E-state index contributed by atoms with van der Waals surface area (Å²) in [6.07, 6.45) is 1.53. The monoisotopic (exact) mass is 561 g/mol. The Morgan fingerprint density at radius 2 is 1.23 bits per heavy atom. The molecule has 224 valence electrons. The molecule has 0 fully saturated rings. The van der Waals surface area contributed by atoms with Gasteiger partial charge in [0, 0.05) is 58.5 Å². The molecule has 1 atom stereocenters. The Morgan fingerprint density at radius 1 is 0.718 bits per heavy atom. The van der Waals surface area contributed by atoms with Crippen LogP contribution in [-0.4, -0.2) is 134 Å². The third-order valence-corrected chi connectivity index (χ3v) is 4.85. The maximum Gasteiger partial charge on any atom is 0.246 e. The number of carbonyl (C=O) groups excluding carboxylic acids is 6. The van der Waals surface area contributed by atoms with Crippen LogP contribution in [0.15, 0.2) is 0 Å². The van der Waals surface area contributed by atoms with Crippen LogP contribution in [-0.2, 0) is 47.7 Å². The smallest absolute Gasteiger partial charge is 0.246 e. The number of hydrogen-bond acceptors (Lipinski definition) is 10. The highest BCUT2D eigenvalue weighted by atomic mass is 16.5. The highest BCUT2D eigenvalue weighted by Gasteiger charge is 2.14. The Bertz CT molecular complexity index is 725. The topological polar surface area (TPSA) is 191 Å². The normalized spacial score (nSPS) is 11.2. The molecule has 0 aromatic heterocycles. The maximum atomic E-state index is 11.9.